The van der Waals surface area contributed by atoms with E-state index in [1.807, 2.05) is 36.7 Å². The van der Waals surface area contributed by atoms with Crippen LogP contribution in [0, 0.1) is 11.8 Å². The summed E-state index contributed by atoms with van der Waals surface area (Å²) < 4.78 is 30.7. The summed E-state index contributed by atoms with van der Waals surface area (Å²) in [4.78, 5) is 21.9. The van der Waals surface area contributed by atoms with E-state index < -0.39 is 11.8 Å². The third kappa shape index (κ3) is 5.05. The molecule has 1 aliphatic rings. The van der Waals surface area contributed by atoms with Crippen molar-refractivity contribution in [3.05, 3.63) is 60.2 Å². The lowest BCUT2D eigenvalue weighted by molar-refractivity contribution is 0.132. The summed E-state index contributed by atoms with van der Waals surface area (Å²) in [5, 5.41) is 3.05. The zero-order valence-electron chi connectivity index (χ0n) is 20.7. The minimum atomic E-state index is -0.630. The molecule has 5 rings (SSSR count). The van der Waals surface area contributed by atoms with Gasteiger partial charge in [0.25, 0.3) is 0 Å². The van der Waals surface area contributed by atoms with E-state index in [1.165, 1.54) is 6.07 Å². The van der Waals surface area contributed by atoms with Crippen molar-refractivity contribution < 1.29 is 8.78 Å². The average Bonchev–Trinajstić information content (AvgIpc) is 3.25. The topological polar surface area (TPSA) is 75.0 Å². The van der Waals surface area contributed by atoms with Gasteiger partial charge in [-0.05, 0) is 44.2 Å². The lowest BCUT2D eigenvalue weighted by atomic mass is 10.2. The predicted molar refractivity (Wildman–Crippen MR) is 136 cm³/mol. The molecule has 0 bridgehead atoms. The molecule has 5 heterocycles. The Hall–Kier alpha value is -3.50. The van der Waals surface area contributed by atoms with Gasteiger partial charge in [0.1, 0.15) is 17.0 Å². The summed E-state index contributed by atoms with van der Waals surface area (Å²) in [6.07, 6.45) is 4.69. The van der Waals surface area contributed by atoms with Crippen LogP contribution in [0.25, 0.3) is 22.3 Å². The number of halogens is 2. The van der Waals surface area contributed by atoms with Crippen molar-refractivity contribution in [1.82, 2.24) is 34.3 Å². The second-order valence-electron chi connectivity index (χ2n) is 9.32. The highest BCUT2D eigenvalue weighted by atomic mass is 19.1. The smallest absolute Gasteiger partial charge is 0.229 e. The van der Waals surface area contributed by atoms with E-state index in [4.69, 9.17) is 0 Å². The Labute approximate surface area is 209 Å². The third-order valence-electron chi connectivity index (χ3n) is 6.58. The van der Waals surface area contributed by atoms with E-state index in [0.29, 0.717) is 22.4 Å². The summed E-state index contributed by atoms with van der Waals surface area (Å²) in [6, 6.07) is 6.92. The van der Waals surface area contributed by atoms with E-state index in [-0.39, 0.29) is 17.7 Å². The number of piperazine rings is 1. The number of rotatable bonds is 7. The molecule has 0 atom stereocenters. The molecule has 1 aliphatic heterocycles. The third-order valence-corrected chi connectivity index (χ3v) is 6.58. The van der Waals surface area contributed by atoms with Crippen LogP contribution in [0.15, 0.2) is 42.9 Å². The molecule has 36 heavy (non-hydrogen) atoms. The fourth-order valence-electron chi connectivity index (χ4n) is 4.55. The molecular weight excluding hydrogens is 462 g/mol. The van der Waals surface area contributed by atoms with Gasteiger partial charge >= 0.3 is 0 Å². The highest BCUT2D eigenvalue weighted by molar-refractivity contribution is 5.92. The Morgan fingerprint density at radius 3 is 2.42 bits per heavy atom. The number of pyridine rings is 2. The maximum absolute atomic E-state index is 14.8. The van der Waals surface area contributed by atoms with Crippen LogP contribution in [-0.2, 0) is 6.54 Å². The number of fused-ring (bicyclic) bond motifs is 1. The average molecular weight is 493 g/mol. The number of hydrogen-bond donors (Lipinski definition) is 1. The normalized spacial score (nSPS) is 15.2. The Morgan fingerprint density at radius 1 is 0.944 bits per heavy atom. The first-order valence-corrected chi connectivity index (χ1v) is 12.3. The fraction of sp³-hybridized carbons (Fsp3) is 0.385. The molecule has 0 saturated carbocycles. The summed E-state index contributed by atoms with van der Waals surface area (Å²) in [6.45, 7) is 12.4. The maximum Gasteiger partial charge on any atom is 0.229 e. The lowest BCUT2D eigenvalue weighted by Crippen LogP contribution is -2.45. The molecule has 0 aromatic carbocycles. The van der Waals surface area contributed by atoms with Crippen LogP contribution in [0.2, 0.25) is 0 Å². The number of anilines is 2. The fourth-order valence-corrected chi connectivity index (χ4v) is 4.55. The first-order valence-electron chi connectivity index (χ1n) is 12.3. The summed E-state index contributed by atoms with van der Waals surface area (Å²) in [7, 11) is 0. The Morgan fingerprint density at radius 2 is 1.72 bits per heavy atom. The molecule has 1 N–H and O–H groups in total. The van der Waals surface area contributed by atoms with Crippen LogP contribution in [0.1, 0.15) is 32.4 Å². The number of hydrogen-bond acceptors (Lipinski definition) is 7. The lowest BCUT2D eigenvalue weighted by Gasteiger charge is -2.33. The van der Waals surface area contributed by atoms with Crippen molar-refractivity contribution >= 4 is 22.8 Å². The predicted octanol–water partition coefficient (Wildman–Crippen LogP) is 4.63. The minimum absolute atomic E-state index is 0.0536. The molecule has 10 heteroatoms. The van der Waals surface area contributed by atoms with Gasteiger partial charge in [-0.15, -0.1) is 0 Å². The van der Waals surface area contributed by atoms with E-state index in [1.54, 1.807) is 12.3 Å². The molecule has 188 valence electrons. The van der Waals surface area contributed by atoms with Gasteiger partial charge in [0.05, 0.1) is 11.7 Å². The molecule has 8 nitrogen and oxygen atoms in total. The van der Waals surface area contributed by atoms with E-state index >= 15 is 0 Å². The molecule has 0 spiro atoms. The zero-order valence-corrected chi connectivity index (χ0v) is 20.7. The monoisotopic (exact) mass is 492 g/mol. The van der Waals surface area contributed by atoms with Crippen LogP contribution < -0.4 is 5.32 Å². The van der Waals surface area contributed by atoms with Gasteiger partial charge in [-0.3, -0.25) is 4.90 Å². The van der Waals surface area contributed by atoms with Crippen molar-refractivity contribution in [3.63, 3.8) is 0 Å². The Kier molecular flexibility index (Phi) is 6.88. The molecule has 4 aromatic rings. The van der Waals surface area contributed by atoms with Gasteiger partial charge in [-0.1, -0.05) is 13.0 Å². The largest absolute Gasteiger partial charge is 0.343 e. The Balaban J connectivity index is 1.35. The molecular formula is C26H30F2N8. The molecule has 1 fully saturated rings. The van der Waals surface area contributed by atoms with Gasteiger partial charge in [0.2, 0.25) is 11.9 Å². The summed E-state index contributed by atoms with van der Waals surface area (Å²) in [5.74, 6) is -0.486. The molecule has 0 aliphatic carbocycles. The summed E-state index contributed by atoms with van der Waals surface area (Å²) >= 11 is 0. The number of nitrogens with zero attached hydrogens (tertiary/aromatic N) is 7. The maximum atomic E-state index is 14.8. The van der Waals surface area contributed by atoms with Gasteiger partial charge in [0.15, 0.2) is 5.82 Å². The van der Waals surface area contributed by atoms with Crippen molar-refractivity contribution in [2.24, 2.45) is 0 Å². The number of likely N-dealkylation sites (N-methyl/N-ethyl adjacent to an activating group) is 1. The van der Waals surface area contributed by atoms with Crippen LogP contribution in [0.4, 0.5) is 20.5 Å². The number of nitrogens with one attached hydrogen (secondary N) is 1. The van der Waals surface area contributed by atoms with Crippen LogP contribution in [-0.4, -0.2) is 67.0 Å². The van der Waals surface area contributed by atoms with Gasteiger partial charge < -0.3 is 14.8 Å². The molecule has 4 aromatic heterocycles. The zero-order chi connectivity index (χ0) is 25.2. The molecule has 0 amide bonds. The first-order chi connectivity index (χ1) is 17.4. The van der Waals surface area contributed by atoms with Gasteiger partial charge in [0, 0.05) is 56.7 Å². The highest BCUT2D eigenvalue weighted by Crippen LogP contribution is 2.32. The van der Waals surface area contributed by atoms with Crippen LogP contribution >= 0.6 is 0 Å². The SMILES string of the molecule is CCN1CCN(Cc2ccc(Nc3ncc(F)c(-c4cn(C(C)C)c5ccc(F)nc45)n3)nc2)CC1. The van der Waals surface area contributed by atoms with Crippen molar-refractivity contribution in [2.45, 2.75) is 33.4 Å². The van der Waals surface area contributed by atoms with Gasteiger partial charge in [-0.2, -0.15) is 4.39 Å². The minimum Gasteiger partial charge on any atom is -0.343 e. The first kappa shape index (κ1) is 24.2. The number of aromatic nitrogens is 5. The van der Waals surface area contributed by atoms with Gasteiger partial charge in [-0.25, -0.2) is 24.3 Å². The molecule has 0 radical (unpaired) electrons. The highest BCUT2D eigenvalue weighted by Gasteiger charge is 2.20. The van der Waals surface area contributed by atoms with Crippen molar-refractivity contribution in [3.8, 4) is 11.3 Å². The van der Waals surface area contributed by atoms with E-state index in [2.05, 4.69) is 42.0 Å². The second-order valence-corrected chi connectivity index (χ2v) is 9.32. The summed E-state index contributed by atoms with van der Waals surface area (Å²) in [5.41, 5.74) is 2.66. The Bertz CT molecular complexity index is 1340. The van der Waals surface area contributed by atoms with Crippen molar-refractivity contribution in [2.75, 3.05) is 38.0 Å². The van der Waals surface area contributed by atoms with Crippen LogP contribution in [0.5, 0.6) is 0 Å². The van der Waals surface area contributed by atoms with Crippen LogP contribution in [0.3, 0.4) is 0 Å². The van der Waals surface area contributed by atoms with Crippen molar-refractivity contribution in [1.29, 1.82) is 0 Å². The second kappa shape index (κ2) is 10.2. The van der Waals surface area contributed by atoms with E-state index in [9.17, 15) is 8.78 Å². The molecule has 0 unspecified atom stereocenters. The van der Waals surface area contributed by atoms with E-state index in [0.717, 1.165) is 51.0 Å². The quantitative estimate of drug-likeness (QED) is 0.377. The standard InChI is InChI=1S/C26H30F2N8/c1-4-34-9-11-35(12-10-34)15-18-5-8-23(29-13-18)32-26-30-14-20(27)24(33-26)19-16-36(17(2)3)21-6-7-22(28)31-25(19)21/h5-8,13-14,16-17H,4,9-12,15H2,1-3H3,(H,29,30,32,33). The molecule has 1 saturated heterocycles.